The van der Waals surface area contributed by atoms with Crippen molar-refractivity contribution in [3.63, 3.8) is 0 Å². The fourth-order valence-electron chi connectivity index (χ4n) is 3.24. The first-order chi connectivity index (χ1) is 14.1. The smallest absolute Gasteiger partial charge is 0.256 e. The Morgan fingerprint density at radius 2 is 1.38 bits per heavy atom. The van der Waals surface area contributed by atoms with Crippen LogP contribution in [-0.4, -0.2) is 47.4 Å². The lowest BCUT2D eigenvalue weighted by atomic mass is 9.95. The molecule has 0 heterocycles. The zero-order valence-corrected chi connectivity index (χ0v) is 17.3. The van der Waals surface area contributed by atoms with Crippen LogP contribution in [0.25, 0.3) is 0 Å². The number of rotatable bonds is 18. The normalized spacial score (nSPS) is 13.3. The summed E-state index contributed by atoms with van der Waals surface area (Å²) in [6.07, 6.45) is 13.6. The van der Waals surface area contributed by atoms with E-state index in [2.05, 4.69) is 21.9 Å². The molecule has 0 aliphatic heterocycles. The standard InChI is InChI=1S/C21H33N3O5/c1-2-3-4-8-11-18(28)14-20(23-16-26)19(22-15-25)12-9-6-5-7-10-13-21(29)24-17-27/h18-20,28H,2-14H2,1H3/t18-,19?,20?/m1/s1. The molecule has 8 heteroatoms. The van der Waals surface area contributed by atoms with E-state index in [0.29, 0.717) is 19.3 Å². The number of amides is 1. The number of isocyanates is 3. The maximum atomic E-state index is 11.1. The summed E-state index contributed by atoms with van der Waals surface area (Å²) in [7, 11) is 0. The highest BCUT2D eigenvalue weighted by molar-refractivity contribution is 5.81. The molecule has 0 aromatic heterocycles. The highest BCUT2D eigenvalue weighted by atomic mass is 16.3. The van der Waals surface area contributed by atoms with Gasteiger partial charge in [0.1, 0.15) is 0 Å². The molecule has 29 heavy (non-hydrogen) atoms. The molecule has 0 aromatic carbocycles. The third-order valence-electron chi connectivity index (χ3n) is 4.85. The van der Waals surface area contributed by atoms with Gasteiger partial charge in [-0.1, -0.05) is 58.3 Å². The fraction of sp³-hybridized carbons (Fsp3) is 0.810. The number of aliphatic hydroxyl groups is 1. The van der Waals surface area contributed by atoms with Crippen molar-refractivity contribution >= 4 is 24.1 Å². The Labute approximate surface area is 172 Å². The summed E-state index contributed by atoms with van der Waals surface area (Å²) >= 11 is 0. The third-order valence-corrected chi connectivity index (χ3v) is 4.85. The van der Waals surface area contributed by atoms with E-state index in [-0.39, 0.29) is 12.8 Å². The molecule has 0 fully saturated rings. The predicted octanol–water partition coefficient (Wildman–Crippen LogP) is 3.71. The molecule has 162 valence electrons. The van der Waals surface area contributed by atoms with Gasteiger partial charge in [0.2, 0.25) is 18.2 Å². The highest BCUT2D eigenvalue weighted by Crippen LogP contribution is 2.20. The molecule has 0 spiro atoms. The lowest BCUT2D eigenvalue weighted by molar-refractivity contribution is -0.117. The molecule has 8 nitrogen and oxygen atoms in total. The van der Waals surface area contributed by atoms with Crippen molar-refractivity contribution in [3.8, 4) is 0 Å². The number of aliphatic imine (C=N–C) groups is 3. The number of hydrogen-bond donors (Lipinski definition) is 1. The van der Waals surface area contributed by atoms with E-state index in [0.717, 1.165) is 51.4 Å². The summed E-state index contributed by atoms with van der Waals surface area (Å²) in [6, 6.07) is -1.07. The maximum Gasteiger partial charge on any atom is 0.256 e. The number of unbranched alkanes of at least 4 members (excludes halogenated alkanes) is 7. The molecule has 0 radical (unpaired) electrons. The second-order valence-electron chi connectivity index (χ2n) is 7.22. The zero-order valence-electron chi connectivity index (χ0n) is 17.3. The summed E-state index contributed by atoms with van der Waals surface area (Å²) in [4.78, 5) is 53.2. The van der Waals surface area contributed by atoms with Crippen LogP contribution in [0.5, 0.6) is 0 Å². The second-order valence-corrected chi connectivity index (χ2v) is 7.22. The van der Waals surface area contributed by atoms with Gasteiger partial charge >= 0.3 is 0 Å². The SMILES string of the molecule is CCCCCC[C@@H](O)CC(N=C=O)C(CCCCCCCC(=O)N=C=O)N=C=O. The van der Waals surface area contributed by atoms with Gasteiger partial charge in [-0.05, 0) is 25.7 Å². The van der Waals surface area contributed by atoms with E-state index >= 15 is 0 Å². The molecule has 0 rings (SSSR count). The minimum atomic E-state index is -0.593. The number of carbonyl (C=O) groups is 1. The average molecular weight is 408 g/mol. The van der Waals surface area contributed by atoms with Crippen molar-refractivity contribution in [1.29, 1.82) is 0 Å². The van der Waals surface area contributed by atoms with Crippen molar-refractivity contribution in [3.05, 3.63) is 0 Å². The van der Waals surface area contributed by atoms with Crippen LogP contribution in [0.4, 0.5) is 0 Å². The molecule has 0 bridgehead atoms. The van der Waals surface area contributed by atoms with Gasteiger partial charge < -0.3 is 5.11 Å². The highest BCUT2D eigenvalue weighted by Gasteiger charge is 2.23. The Bertz CT molecular complexity index is 591. The largest absolute Gasteiger partial charge is 0.393 e. The molecule has 0 saturated heterocycles. The Morgan fingerprint density at radius 1 is 0.793 bits per heavy atom. The first kappa shape index (κ1) is 26.8. The summed E-state index contributed by atoms with van der Waals surface area (Å²) < 4.78 is 0. The second kappa shape index (κ2) is 19.1. The van der Waals surface area contributed by atoms with E-state index in [1.807, 2.05) is 0 Å². The first-order valence-corrected chi connectivity index (χ1v) is 10.5. The summed E-state index contributed by atoms with van der Waals surface area (Å²) in [5.74, 6) is -0.455. The summed E-state index contributed by atoms with van der Waals surface area (Å²) in [5, 5.41) is 10.2. The monoisotopic (exact) mass is 407 g/mol. The molecule has 0 aliphatic rings. The van der Waals surface area contributed by atoms with Gasteiger partial charge in [-0.2, -0.15) is 0 Å². The lowest BCUT2D eigenvalue weighted by Crippen LogP contribution is -2.27. The fourth-order valence-corrected chi connectivity index (χ4v) is 3.24. The first-order valence-electron chi connectivity index (χ1n) is 10.5. The Kier molecular flexibility index (Phi) is 17.6. The van der Waals surface area contributed by atoms with Crippen molar-refractivity contribution in [2.45, 2.75) is 109 Å². The van der Waals surface area contributed by atoms with Crippen LogP contribution in [0.15, 0.2) is 15.0 Å². The molecule has 3 atom stereocenters. The average Bonchev–Trinajstić information content (AvgIpc) is 2.69. The van der Waals surface area contributed by atoms with Gasteiger partial charge in [0.05, 0.1) is 18.2 Å². The Balaban J connectivity index is 4.35. The van der Waals surface area contributed by atoms with Crippen molar-refractivity contribution in [2.75, 3.05) is 0 Å². The zero-order chi connectivity index (χ0) is 21.7. The quantitative estimate of drug-likeness (QED) is 0.211. The number of nitrogens with zero attached hydrogens (tertiary/aromatic N) is 3. The topological polar surface area (TPSA) is 126 Å². The maximum absolute atomic E-state index is 11.1. The number of aliphatic hydroxyl groups excluding tert-OH is 1. The van der Waals surface area contributed by atoms with Gasteiger partial charge in [-0.15, -0.1) is 4.99 Å². The van der Waals surface area contributed by atoms with Gasteiger partial charge in [0.25, 0.3) is 5.91 Å². The molecule has 0 saturated carbocycles. The van der Waals surface area contributed by atoms with Crippen LogP contribution in [0.3, 0.4) is 0 Å². The Hall–Kier alpha value is -2.23. The van der Waals surface area contributed by atoms with Crippen molar-refractivity contribution in [1.82, 2.24) is 0 Å². The van der Waals surface area contributed by atoms with E-state index in [1.165, 1.54) is 12.2 Å². The van der Waals surface area contributed by atoms with Crippen LogP contribution >= 0.6 is 0 Å². The van der Waals surface area contributed by atoms with E-state index in [9.17, 15) is 24.3 Å². The van der Waals surface area contributed by atoms with Crippen LogP contribution in [0.2, 0.25) is 0 Å². The molecular weight excluding hydrogens is 374 g/mol. The molecule has 0 aromatic rings. The molecule has 1 N–H and O–H groups in total. The number of hydrogen-bond acceptors (Lipinski definition) is 7. The van der Waals surface area contributed by atoms with Crippen molar-refractivity contribution < 1.29 is 24.3 Å². The van der Waals surface area contributed by atoms with Gasteiger partial charge in [0.15, 0.2) is 0 Å². The Morgan fingerprint density at radius 3 is 2.03 bits per heavy atom. The van der Waals surface area contributed by atoms with Crippen LogP contribution in [0.1, 0.15) is 90.4 Å². The van der Waals surface area contributed by atoms with Crippen LogP contribution < -0.4 is 0 Å². The molecule has 1 amide bonds. The van der Waals surface area contributed by atoms with E-state index < -0.39 is 24.1 Å². The van der Waals surface area contributed by atoms with E-state index in [1.54, 1.807) is 6.08 Å². The van der Waals surface area contributed by atoms with Crippen LogP contribution in [-0.2, 0) is 19.2 Å². The lowest BCUT2D eigenvalue weighted by Gasteiger charge is -2.21. The van der Waals surface area contributed by atoms with Gasteiger partial charge in [-0.3, -0.25) is 4.79 Å². The molecule has 2 unspecified atom stereocenters. The van der Waals surface area contributed by atoms with Gasteiger partial charge in [-0.25, -0.2) is 24.4 Å². The molecular formula is C21H33N3O5. The molecule has 0 aliphatic carbocycles. The summed E-state index contributed by atoms with van der Waals surface area (Å²) in [5.41, 5.74) is 0. The predicted molar refractivity (Wildman–Crippen MR) is 109 cm³/mol. The minimum Gasteiger partial charge on any atom is -0.393 e. The van der Waals surface area contributed by atoms with Crippen molar-refractivity contribution in [2.24, 2.45) is 15.0 Å². The van der Waals surface area contributed by atoms with E-state index in [4.69, 9.17) is 0 Å². The third kappa shape index (κ3) is 15.4. The number of carbonyl (C=O) groups excluding carboxylic acids is 4. The summed E-state index contributed by atoms with van der Waals surface area (Å²) in [6.45, 7) is 2.12. The minimum absolute atomic E-state index is 0.236. The van der Waals surface area contributed by atoms with Crippen LogP contribution in [0, 0.1) is 0 Å². The van der Waals surface area contributed by atoms with Gasteiger partial charge in [0, 0.05) is 6.42 Å².